The minimum atomic E-state index is -4.47. The van der Waals surface area contributed by atoms with Crippen molar-refractivity contribution >= 4 is 17.5 Å². The number of allylic oxidation sites excluding steroid dienone is 1. The maximum atomic E-state index is 13.3. The van der Waals surface area contributed by atoms with E-state index in [1.165, 1.54) is 34.7 Å². The first-order chi connectivity index (χ1) is 17.3. The summed E-state index contributed by atoms with van der Waals surface area (Å²) in [6.45, 7) is 5.22. The Bertz CT molecular complexity index is 1300. The third-order valence-electron chi connectivity index (χ3n) is 6.18. The normalized spacial score (nSPS) is 14.4. The van der Waals surface area contributed by atoms with Crippen LogP contribution in [0.3, 0.4) is 0 Å². The fraction of sp³-hybridized carbons (Fsp3) is 0.440. The molecule has 0 radical (unpaired) electrons. The van der Waals surface area contributed by atoms with Crippen LogP contribution in [0.15, 0.2) is 51.7 Å². The van der Waals surface area contributed by atoms with Crippen molar-refractivity contribution in [2.24, 2.45) is 14.1 Å². The van der Waals surface area contributed by atoms with Crippen LogP contribution in [0.25, 0.3) is 0 Å². The Labute approximate surface area is 212 Å². The fourth-order valence-electron chi connectivity index (χ4n) is 3.95. The zero-order valence-electron chi connectivity index (χ0n) is 21.2. The second-order valence-corrected chi connectivity index (χ2v) is 9.20. The highest BCUT2D eigenvalue weighted by Gasteiger charge is 2.31. The van der Waals surface area contributed by atoms with Gasteiger partial charge in [-0.15, -0.1) is 0 Å². The Morgan fingerprint density at radius 1 is 1.00 bits per heavy atom. The van der Waals surface area contributed by atoms with Gasteiger partial charge >= 0.3 is 11.9 Å². The molecule has 0 aliphatic carbocycles. The smallest absolute Gasteiger partial charge is 0.336 e. The Morgan fingerprint density at radius 2 is 1.59 bits per heavy atom. The van der Waals surface area contributed by atoms with E-state index in [-0.39, 0.29) is 36.2 Å². The Kier molecular flexibility index (Phi) is 8.42. The first-order valence-electron chi connectivity index (χ1n) is 11.7. The van der Waals surface area contributed by atoms with Gasteiger partial charge < -0.3 is 14.4 Å². The molecule has 1 aliphatic rings. The molecule has 0 bridgehead atoms. The lowest BCUT2D eigenvalue weighted by molar-refractivity contribution is -0.137. The number of carbonyl (C=O) groups is 2. The minimum Gasteiger partial charge on any atom is -0.336 e. The molecule has 200 valence electrons. The van der Waals surface area contributed by atoms with Crippen LogP contribution in [-0.4, -0.2) is 70.0 Å². The number of nitrogens with zero attached hydrogens (tertiary/aromatic N) is 5. The lowest BCUT2D eigenvalue weighted by atomic mass is 10.1. The number of piperazine rings is 1. The average molecular weight is 522 g/mol. The summed E-state index contributed by atoms with van der Waals surface area (Å²) >= 11 is 0. The molecule has 1 aromatic carbocycles. The quantitative estimate of drug-likeness (QED) is 0.542. The highest BCUT2D eigenvalue weighted by molar-refractivity contribution is 5.95. The van der Waals surface area contributed by atoms with Crippen molar-refractivity contribution in [3.63, 3.8) is 0 Å². The number of benzene rings is 1. The van der Waals surface area contributed by atoms with Crippen molar-refractivity contribution in [2.75, 3.05) is 44.2 Å². The molecule has 0 saturated carbocycles. The molecule has 0 spiro atoms. The number of halogens is 3. The summed E-state index contributed by atoms with van der Waals surface area (Å²) in [5.41, 5.74) is -0.699. The summed E-state index contributed by atoms with van der Waals surface area (Å²) < 4.78 is 40.5. The molecule has 3 rings (SSSR count). The minimum absolute atomic E-state index is 0.00902. The highest BCUT2D eigenvalue weighted by atomic mass is 19.4. The van der Waals surface area contributed by atoms with Gasteiger partial charge in [0.2, 0.25) is 5.91 Å². The van der Waals surface area contributed by atoms with Crippen molar-refractivity contribution in [3.05, 3.63) is 74.1 Å². The lowest BCUT2D eigenvalue weighted by Gasteiger charge is -2.35. The van der Waals surface area contributed by atoms with Gasteiger partial charge in [0.1, 0.15) is 5.69 Å². The number of aryl methyl sites for hydroxylation is 1. The second kappa shape index (κ2) is 11.2. The van der Waals surface area contributed by atoms with Gasteiger partial charge in [0.25, 0.3) is 11.5 Å². The third-order valence-corrected chi connectivity index (χ3v) is 6.18. The van der Waals surface area contributed by atoms with Crippen molar-refractivity contribution in [2.45, 2.75) is 20.0 Å². The van der Waals surface area contributed by atoms with Gasteiger partial charge in [0.15, 0.2) is 0 Å². The monoisotopic (exact) mass is 521 g/mol. The van der Waals surface area contributed by atoms with E-state index in [2.05, 4.69) is 0 Å². The van der Waals surface area contributed by atoms with Crippen molar-refractivity contribution in [1.29, 1.82) is 0 Å². The summed E-state index contributed by atoms with van der Waals surface area (Å²) in [7, 11) is 2.85. The first kappa shape index (κ1) is 27.9. The Hall–Kier alpha value is -3.67. The molecule has 0 unspecified atom stereocenters. The molecule has 2 heterocycles. The molecule has 0 atom stereocenters. The summed E-state index contributed by atoms with van der Waals surface area (Å²) in [6, 6.07) is 4.09. The van der Waals surface area contributed by atoms with Gasteiger partial charge in [-0.05, 0) is 38.1 Å². The maximum absolute atomic E-state index is 13.3. The van der Waals surface area contributed by atoms with Crippen molar-refractivity contribution < 1.29 is 22.8 Å². The van der Waals surface area contributed by atoms with E-state index in [1.807, 2.05) is 24.8 Å². The number of hydrogen-bond donors (Lipinski definition) is 0. The number of amides is 2. The summed E-state index contributed by atoms with van der Waals surface area (Å²) in [5, 5.41) is 0. The predicted molar refractivity (Wildman–Crippen MR) is 132 cm³/mol. The number of anilines is 1. The van der Waals surface area contributed by atoms with Gasteiger partial charge in [-0.25, -0.2) is 4.79 Å². The third kappa shape index (κ3) is 6.56. The fourth-order valence-corrected chi connectivity index (χ4v) is 3.95. The number of rotatable bonds is 6. The number of aromatic nitrogens is 2. The van der Waals surface area contributed by atoms with E-state index in [0.717, 1.165) is 34.4 Å². The van der Waals surface area contributed by atoms with Gasteiger partial charge in [0.05, 0.1) is 12.1 Å². The van der Waals surface area contributed by atoms with Crippen LogP contribution in [0.5, 0.6) is 0 Å². The lowest BCUT2D eigenvalue weighted by Crippen LogP contribution is -2.52. The SMILES string of the molecule is CC(C)=CCN(C(=O)CN1CCN(C(=O)c2ccc(C(F)(F)F)cc2)CC1)c1cn(C)c(=O)n(C)c1=O. The summed E-state index contributed by atoms with van der Waals surface area (Å²) in [5.74, 6) is -0.714. The summed E-state index contributed by atoms with van der Waals surface area (Å²) in [6.07, 6.45) is -1.32. The van der Waals surface area contributed by atoms with Crippen LogP contribution in [0.4, 0.5) is 18.9 Å². The van der Waals surface area contributed by atoms with Gasteiger partial charge in [-0.1, -0.05) is 11.6 Å². The molecule has 2 aromatic rings. The molecule has 1 fully saturated rings. The highest BCUT2D eigenvalue weighted by Crippen LogP contribution is 2.29. The van der Waals surface area contributed by atoms with E-state index in [4.69, 9.17) is 0 Å². The Balaban J connectivity index is 1.69. The largest absolute Gasteiger partial charge is 0.416 e. The van der Waals surface area contributed by atoms with E-state index in [0.29, 0.717) is 26.2 Å². The van der Waals surface area contributed by atoms with E-state index >= 15 is 0 Å². The van der Waals surface area contributed by atoms with Crippen LogP contribution in [-0.2, 0) is 25.1 Å². The standard InChI is InChI=1S/C25H30F3N5O4/c1-17(2)9-10-33(20-15-29(3)24(37)30(4)23(20)36)21(34)16-31-11-13-32(14-12-31)22(35)18-5-7-19(8-6-18)25(26,27)28/h5-9,15H,10-14,16H2,1-4H3. The molecule has 37 heavy (non-hydrogen) atoms. The molecule has 9 nitrogen and oxygen atoms in total. The molecule has 1 aromatic heterocycles. The van der Waals surface area contributed by atoms with Crippen LogP contribution >= 0.6 is 0 Å². The number of carbonyl (C=O) groups excluding carboxylic acids is 2. The van der Waals surface area contributed by atoms with Gasteiger partial charge in [-0.2, -0.15) is 13.2 Å². The molecule has 2 amide bonds. The Morgan fingerprint density at radius 3 is 2.14 bits per heavy atom. The van der Waals surface area contributed by atoms with Crippen molar-refractivity contribution in [1.82, 2.24) is 18.9 Å². The first-order valence-corrected chi connectivity index (χ1v) is 11.7. The van der Waals surface area contributed by atoms with Crippen molar-refractivity contribution in [3.8, 4) is 0 Å². The molecule has 12 heteroatoms. The topological polar surface area (TPSA) is 87.9 Å². The van der Waals surface area contributed by atoms with Crippen LogP contribution in [0, 0.1) is 0 Å². The summed E-state index contributed by atoms with van der Waals surface area (Å²) in [4.78, 5) is 55.6. The maximum Gasteiger partial charge on any atom is 0.416 e. The van der Waals surface area contributed by atoms with Gasteiger partial charge in [-0.3, -0.25) is 23.9 Å². The van der Waals surface area contributed by atoms with E-state index < -0.39 is 23.0 Å². The van der Waals surface area contributed by atoms with E-state index in [1.54, 1.807) is 0 Å². The predicted octanol–water partition coefficient (Wildman–Crippen LogP) is 1.86. The van der Waals surface area contributed by atoms with Gasteiger partial charge in [0, 0.05) is 58.6 Å². The number of alkyl halides is 3. The second-order valence-electron chi connectivity index (χ2n) is 9.20. The molecule has 0 N–H and O–H groups in total. The average Bonchev–Trinajstić information content (AvgIpc) is 2.85. The number of hydrogen-bond acceptors (Lipinski definition) is 5. The molecular weight excluding hydrogens is 491 g/mol. The molecular formula is C25H30F3N5O4. The molecule has 1 aliphatic heterocycles. The van der Waals surface area contributed by atoms with Crippen LogP contribution < -0.4 is 16.1 Å². The van der Waals surface area contributed by atoms with Crippen LogP contribution in [0.2, 0.25) is 0 Å². The van der Waals surface area contributed by atoms with E-state index in [9.17, 15) is 32.3 Å². The zero-order valence-corrected chi connectivity index (χ0v) is 21.2. The zero-order chi connectivity index (χ0) is 27.5. The molecule has 1 saturated heterocycles. The van der Waals surface area contributed by atoms with Crippen LogP contribution in [0.1, 0.15) is 29.8 Å².